The summed E-state index contributed by atoms with van der Waals surface area (Å²) in [6, 6.07) is 20.0. The van der Waals surface area contributed by atoms with Crippen molar-refractivity contribution in [2.45, 2.75) is 12.5 Å². The van der Waals surface area contributed by atoms with Gasteiger partial charge in [-0.3, -0.25) is 4.79 Å². The van der Waals surface area contributed by atoms with Crippen LogP contribution in [0.15, 0.2) is 72.8 Å². The number of hydrogen-bond acceptors (Lipinski definition) is 2. The molecule has 0 saturated carbocycles. The second kappa shape index (κ2) is 8.35. The zero-order chi connectivity index (χ0) is 18.5. The molecule has 0 radical (unpaired) electrons. The van der Waals surface area contributed by atoms with Crippen molar-refractivity contribution in [3.05, 3.63) is 99.8 Å². The van der Waals surface area contributed by atoms with Crippen LogP contribution in [0.3, 0.4) is 0 Å². The number of nitrogens with one attached hydrogen (secondary N) is 1. The van der Waals surface area contributed by atoms with Gasteiger partial charge in [0.2, 0.25) is 0 Å². The molecule has 3 aromatic carbocycles. The fourth-order valence-corrected chi connectivity index (χ4v) is 2.98. The maximum Gasteiger partial charge on any atom is 0.164 e. The lowest BCUT2D eigenvalue weighted by atomic mass is 9.97. The fourth-order valence-electron chi connectivity index (χ4n) is 2.68. The van der Waals surface area contributed by atoms with Gasteiger partial charge in [-0.2, -0.15) is 0 Å². The van der Waals surface area contributed by atoms with Crippen molar-refractivity contribution in [1.29, 1.82) is 0 Å². The quantitative estimate of drug-likeness (QED) is 0.553. The Hall–Kier alpha value is -2.36. The maximum atomic E-state index is 13.9. The highest BCUT2D eigenvalue weighted by Crippen LogP contribution is 2.28. The van der Waals surface area contributed by atoms with E-state index in [1.54, 1.807) is 36.4 Å². The lowest BCUT2D eigenvalue weighted by molar-refractivity contribution is -0.119. The van der Waals surface area contributed by atoms with Crippen molar-refractivity contribution in [3.63, 3.8) is 0 Å². The third-order valence-corrected chi connectivity index (χ3v) is 4.75. The molecule has 3 rings (SSSR count). The number of Topliss-reactive ketones (excluding diaryl/α,β-unsaturated/α-hetero) is 1. The van der Waals surface area contributed by atoms with Gasteiger partial charge in [-0.1, -0.05) is 71.7 Å². The number of carbonyl (C=O) groups is 1. The molecule has 0 amide bonds. The Morgan fingerprint density at radius 2 is 1.62 bits per heavy atom. The van der Waals surface area contributed by atoms with Gasteiger partial charge in [0.15, 0.2) is 5.78 Å². The van der Waals surface area contributed by atoms with Crippen LogP contribution in [0.25, 0.3) is 0 Å². The molecule has 0 aliphatic heterocycles. The molecule has 0 heterocycles. The average molecular weight is 388 g/mol. The van der Waals surface area contributed by atoms with E-state index in [-0.39, 0.29) is 18.0 Å². The molecule has 2 nitrogen and oxygen atoms in total. The highest BCUT2D eigenvalue weighted by molar-refractivity contribution is 6.42. The summed E-state index contributed by atoms with van der Waals surface area (Å²) in [6.45, 7) is 0. The molecule has 5 heteroatoms. The van der Waals surface area contributed by atoms with E-state index in [2.05, 4.69) is 5.32 Å². The van der Waals surface area contributed by atoms with E-state index in [0.29, 0.717) is 21.3 Å². The van der Waals surface area contributed by atoms with Crippen LogP contribution < -0.4 is 5.32 Å². The standard InChI is InChI=1S/C21H16Cl2FNO/c22-17-11-10-16(13-18(17)23)25-21(14-6-2-1-3-7-14)20(26)12-15-8-4-5-9-19(15)24/h1-11,13,21,25H,12H2. The van der Waals surface area contributed by atoms with Crippen LogP contribution in [0.4, 0.5) is 10.1 Å². The van der Waals surface area contributed by atoms with E-state index < -0.39 is 6.04 Å². The lowest BCUT2D eigenvalue weighted by Crippen LogP contribution is -2.23. The highest BCUT2D eigenvalue weighted by Gasteiger charge is 2.22. The lowest BCUT2D eigenvalue weighted by Gasteiger charge is -2.20. The van der Waals surface area contributed by atoms with E-state index in [9.17, 15) is 9.18 Å². The van der Waals surface area contributed by atoms with Gasteiger partial charge in [0.25, 0.3) is 0 Å². The largest absolute Gasteiger partial charge is 0.372 e. The monoisotopic (exact) mass is 387 g/mol. The summed E-state index contributed by atoms with van der Waals surface area (Å²) in [5, 5.41) is 4.02. The Balaban J connectivity index is 1.89. The molecule has 1 atom stereocenters. The minimum absolute atomic E-state index is 0.0133. The predicted molar refractivity (Wildman–Crippen MR) is 104 cm³/mol. The van der Waals surface area contributed by atoms with Crippen molar-refractivity contribution in [2.75, 3.05) is 5.32 Å². The molecular formula is C21H16Cl2FNO. The summed E-state index contributed by atoms with van der Waals surface area (Å²) >= 11 is 12.0. The van der Waals surface area contributed by atoms with Gasteiger partial charge in [-0.15, -0.1) is 0 Å². The topological polar surface area (TPSA) is 29.1 Å². The van der Waals surface area contributed by atoms with Crippen LogP contribution in [0.5, 0.6) is 0 Å². The highest BCUT2D eigenvalue weighted by atomic mass is 35.5. The van der Waals surface area contributed by atoms with Gasteiger partial charge in [0.1, 0.15) is 11.9 Å². The molecule has 0 aliphatic carbocycles. The van der Waals surface area contributed by atoms with Crippen LogP contribution in [-0.4, -0.2) is 5.78 Å². The van der Waals surface area contributed by atoms with Crippen LogP contribution in [0.2, 0.25) is 10.0 Å². The Kier molecular flexibility index (Phi) is 5.92. The molecule has 3 aromatic rings. The molecule has 0 aliphatic rings. The molecule has 0 aromatic heterocycles. The normalized spacial score (nSPS) is 11.8. The van der Waals surface area contributed by atoms with Gasteiger partial charge in [-0.25, -0.2) is 4.39 Å². The second-order valence-corrected chi connectivity index (χ2v) is 6.67. The Bertz CT molecular complexity index is 915. The number of benzene rings is 3. The molecule has 0 spiro atoms. The van der Waals surface area contributed by atoms with Crippen LogP contribution in [0.1, 0.15) is 17.2 Å². The van der Waals surface area contributed by atoms with E-state index in [1.165, 1.54) is 6.07 Å². The molecule has 0 saturated heterocycles. The SMILES string of the molecule is O=C(Cc1ccccc1F)C(Nc1ccc(Cl)c(Cl)c1)c1ccccc1. The molecule has 1 N–H and O–H groups in total. The number of carbonyl (C=O) groups excluding carboxylic acids is 1. The minimum atomic E-state index is -0.631. The molecule has 0 fully saturated rings. The Morgan fingerprint density at radius 3 is 2.31 bits per heavy atom. The van der Waals surface area contributed by atoms with Crippen molar-refractivity contribution < 1.29 is 9.18 Å². The third kappa shape index (κ3) is 4.43. The zero-order valence-electron chi connectivity index (χ0n) is 13.8. The number of ketones is 1. The van der Waals surface area contributed by atoms with Crippen LogP contribution >= 0.6 is 23.2 Å². The minimum Gasteiger partial charge on any atom is -0.372 e. The molecule has 0 bridgehead atoms. The summed E-state index contributed by atoms with van der Waals surface area (Å²) in [5.74, 6) is -0.533. The Labute approximate surface area is 161 Å². The first-order valence-electron chi connectivity index (χ1n) is 8.07. The molecule has 132 valence electrons. The summed E-state index contributed by atoms with van der Waals surface area (Å²) in [5.41, 5.74) is 1.82. The number of halogens is 3. The first-order valence-corrected chi connectivity index (χ1v) is 8.83. The van der Waals surface area contributed by atoms with E-state index in [0.717, 1.165) is 5.56 Å². The summed E-state index contributed by atoms with van der Waals surface area (Å²) in [7, 11) is 0. The summed E-state index contributed by atoms with van der Waals surface area (Å²) < 4.78 is 13.9. The van der Waals surface area contributed by atoms with E-state index in [4.69, 9.17) is 23.2 Å². The summed E-state index contributed by atoms with van der Waals surface area (Å²) in [6.07, 6.45) is -0.0133. The number of anilines is 1. The van der Waals surface area contributed by atoms with E-state index in [1.807, 2.05) is 30.3 Å². The van der Waals surface area contributed by atoms with Crippen molar-refractivity contribution in [1.82, 2.24) is 0 Å². The van der Waals surface area contributed by atoms with Crippen molar-refractivity contribution in [3.8, 4) is 0 Å². The first-order chi connectivity index (χ1) is 12.5. The molecule has 26 heavy (non-hydrogen) atoms. The average Bonchev–Trinajstić information content (AvgIpc) is 2.65. The number of hydrogen-bond donors (Lipinski definition) is 1. The van der Waals surface area contributed by atoms with Gasteiger partial charge >= 0.3 is 0 Å². The second-order valence-electron chi connectivity index (χ2n) is 5.85. The van der Waals surface area contributed by atoms with Gasteiger partial charge in [0, 0.05) is 12.1 Å². The van der Waals surface area contributed by atoms with Crippen molar-refractivity contribution >= 4 is 34.7 Å². The predicted octanol–water partition coefficient (Wildman–Crippen LogP) is 6.10. The maximum absolute atomic E-state index is 13.9. The van der Waals surface area contributed by atoms with Gasteiger partial charge in [0.05, 0.1) is 10.0 Å². The van der Waals surface area contributed by atoms with Crippen molar-refractivity contribution in [2.24, 2.45) is 0 Å². The third-order valence-electron chi connectivity index (χ3n) is 4.01. The Morgan fingerprint density at radius 1 is 0.923 bits per heavy atom. The van der Waals surface area contributed by atoms with E-state index >= 15 is 0 Å². The van der Waals surface area contributed by atoms with Gasteiger partial charge < -0.3 is 5.32 Å². The summed E-state index contributed by atoms with van der Waals surface area (Å²) in [4.78, 5) is 12.9. The molecular weight excluding hydrogens is 372 g/mol. The molecule has 1 unspecified atom stereocenters. The smallest absolute Gasteiger partial charge is 0.164 e. The van der Waals surface area contributed by atoms with Crippen LogP contribution in [0, 0.1) is 5.82 Å². The fraction of sp³-hybridized carbons (Fsp3) is 0.0952. The zero-order valence-corrected chi connectivity index (χ0v) is 15.3. The van der Waals surface area contributed by atoms with Gasteiger partial charge in [-0.05, 0) is 35.4 Å². The first kappa shape index (κ1) is 18.4. The number of rotatable bonds is 6. The van der Waals surface area contributed by atoms with Crippen LogP contribution in [-0.2, 0) is 11.2 Å².